The summed E-state index contributed by atoms with van der Waals surface area (Å²) in [5, 5.41) is 8.39. The minimum Gasteiger partial charge on any atom is -0.493 e. The highest BCUT2D eigenvalue weighted by Crippen LogP contribution is 2.36. The first kappa shape index (κ1) is 22.7. The summed E-state index contributed by atoms with van der Waals surface area (Å²) in [4.78, 5) is 12.5. The molecule has 0 aliphatic heterocycles. The molecular weight excluding hydrogens is 437 g/mol. The topological polar surface area (TPSA) is 65.4 Å². The van der Waals surface area contributed by atoms with Gasteiger partial charge in [-0.2, -0.15) is 5.10 Å². The van der Waals surface area contributed by atoms with Gasteiger partial charge in [0.25, 0.3) is 0 Å². The smallest absolute Gasteiger partial charge is 0.248 e. The molecule has 0 aliphatic carbocycles. The predicted octanol–water partition coefficient (Wildman–Crippen LogP) is 5.52. The van der Waals surface area contributed by atoms with Gasteiger partial charge in [0.2, 0.25) is 5.91 Å². The van der Waals surface area contributed by atoms with Crippen molar-refractivity contribution in [2.24, 2.45) is 0 Å². The number of rotatable bonds is 7. The van der Waals surface area contributed by atoms with Gasteiger partial charge in [0.15, 0.2) is 11.5 Å². The van der Waals surface area contributed by atoms with Gasteiger partial charge in [0.05, 0.1) is 37.2 Å². The number of carbonyl (C=O) groups is 1. The molecule has 8 heteroatoms. The molecule has 3 rings (SSSR count). The maximum absolute atomic E-state index is 12.5. The van der Waals surface area contributed by atoms with Crippen LogP contribution in [0.1, 0.15) is 22.5 Å². The van der Waals surface area contributed by atoms with Crippen LogP contribution in [0.25, 0.3) is 6.08 Å². The average molecular weight is 460 g/mol. The Kier molecular flexibility index (Phi) is 7.25. The van der Waals surface area contributed by atoms with Crippen molar-refractivity contribution < 1.29 is 14.3 Å². The van der Waals surface area contributed by atoms with Crippen molar-refractivity contribution in [2.75, 3.05) is 19.5 Å². The van der Waals surface area contributed by atoms with E-state index in [1.807, 2.05) is 42.8 Å². The largest absolute Gasteiger partial charge is 0.493 e. The van der Waals surface area contributed by atoms with Crippen LogP contribution in [0.5, 0.6) is 11.5 Å². The van der Waals surface area contributed by atoms with E-state index >= 15 is 0 Å². The Labute approximate surface area is 191 Å². The Morgan fingerprint density at radius 3 is 2.45 bits per heavy atom. The molecule has 6 nitrogen and oxygen atoms in total. The molecule has 0 bridgehead atoms. The summed E-state index contributed by atoms with van der Waals surface area (Å²) in [5.74, 6) is 0.628. The highest BCUT2D eigenvalue weighted by atomic mass is 35.5. The number of ether oxygens (including phenoxy) is 2. The number of hydrogen-bond acceptors (Lipinski definition) is 4. The van der Waals surface area contributed by atoms with E-state index in [1.54, 1.807) is 18.2 Å². The molecule has 0 atom stereocenters. The number of nitrogens with one attached hydrogen (secondary N) is 1. The molecule has 2 aromatic carbocycles. The number of aromatic nitrogens is 2. The molecule has 0 fully saturated rings. The van der Waals surface area contributed by atoms with E-state index in [0.29, 0.717) is 33.8 Å². The highest BCUT2D eigenvalue weighted by molar-refractivity contribution is 6.34. The van der Waals surface area contributed by atoms with Crippen molar-refractivity contribution in [1.82, 2.24) is 9.78 Å². The van der Waals surface area contributed by atoms with Crippen LogP contribution in [0.15, 0.2) is 42.5 Å². The second-order valence-corrected chi connectivity index (χ2v) is 7.66. The quantitative estimate of drug-likeness (QED) is 0.472. The SMILES string of the molecule is COc1cc(Cl)c(NC(=O)/C=C/c2c(C)nn(Cc3ccccc3Cl)c2C)cc1OC. The fraction of sp³-hybridized carbons (Fsp3) is 0.217. The summed E-state index contributed by atoms with van der Waals surface area (Å²) in [6.45, 7) is 4.41. The minimum absolute atomic E-state index is 0.327. The summed E-state index contributed by atoms with van der Waals surface area (Å²) in [6, 6.07) is 10.9. The Morgan fingerprint density at radius 2 is 1.77 bits per heavy atom. The summed E-state index contributed by atoms with van der Waals surface area (Å²) in [6.07, 6.45) is 3.19. The number of anilines is 1. The lowest BCUT2D eigenvalue weighted by Crippen LogP contribution is -2.08. The Bertz CT molecular complexity index is 1140. The monoisotopic (exact) mass is 459 g/mol. The number of benzene rings is 2. The van der Waals surface area contributed by atoms with E-state index in [4.69, 9.17) is 32.7 Å². The van der Waals surface area contributed by atoms with Crippen LogP contribution in [0, 0.1) is 13.8 Å². The Balaban J connectivity index is 1.77. The molecule has 0 radical (unpaired) electrons. The third-order valence-electron chi connectivity index (χ3n) is 4.85. The molecule has 0 saturated carbocycles. The molecule has 1 N–H and O–H groups in total. The van der Waals surface area contributed by atoms with E-state index in [2.05, 4.69) is 10.4 Å². The van der Waals surface area contributed by atoms with E-state index in [0.717, 1.165) is 22.5 Å². The second kappa shape index (κ2) is 9.90. The molecule has 1 amide bonds. The third kappa shape index (κ3) is 5.21. The van der Waals surface area contributed by atoms with Gasteiger partial charge in [-0.15, -0.1) is 0 Å². The Morgan fingerprint density at radius 1 is 1.10 bits per heavy atom. The van der Waals surface area contributed by atoms with Crippen molar-refractivity contribution in [3.63, 3.8) is 0 Å². The molecule has 1 aromatic heterocycles. The standard InChI is InChI=1S/C23H23Cl2N3O3/c1-14-17(15(2)28(27-14)13-16-7-5-6-8-18(16)24)9-10-23(29)26-20-12-22(31-4)21(30-3)11-19(20)25/h5-12H,13H2,1-4H3,(H,26,29)/b10-9+. The number of nitrogens with zero attached hydrogens (tertiary/aromatic N) is 2. The van der Waals surface area contributed by atoms with E-state index in [9.17, 15) is 4.79 Å². The third-order valence-corrected chi connectivity index (χ3v) is 5.53. The lowest BCUT2D eigenvalue weighted by atomic mass is 10.1. The van der Waals surface area contributed by atoms with Gasteiger partial charge in [0.1, 0.15) is 0 Å². The first-order valence-electron chi connectivity index (χ1n) is 9.52. The van der Waals surface area contributed by atoms with Crippen LogP contribution in [-0.4, -0.2) is 29.9 Å². The zero-order valence-electron chi connectivity index (χ0n) is 17.7. The average Bonchev–Trinajstić information content (AvgIpc) is 3.01. The van der Waals surface area contributed by atoms with Crippen molar-refractivity contribution in [3.05, 3.63) is 75.0 Å². The number of methoxy groups -OCH3 is 2. The first-order valence-corrected chi connectivity index (χ1v) is 10.3. The van der Waals surface area contributed by atoms with E-state index in [-0.39, 0.29) is 5.91 Å². The van der Waals surface area contributed by atoms with Gasteiger partial charge in [-0.1, -0.05) is 41.4 Å². The molecule has 162 valence electrons. The minimum atomic E-state index is -0.327. The van der Waals surface area contributed by atoms with Crippen LogP contribution >= 0.6 is 23.2 Å². The van der Waals surface area contributed by atoms with Crippen molar-refractivity contribution >= 4 is 40.9 Å². The molecule has 31 heavy (non-hydrogen) atoms. The lowest BCUT2D eigenvalue weighted by Gasteiger charge is -2.11. The van der Waals surface area contributed by atoms with Crippen LogP contribution in [0.4, 0.5) is 5.69 Å². The van der Waals surface area contributed by atoms with Crippen LogP contribution in [0.3, 0.4) is 0 Å². The maximum atomic E-state index is 12.5. The molecule has 1 heterocycles. The van der Waals surface area contributed by atoms with Crippen molar-refractivity contribution in [3.8, 4) is 11.5 Å². The number of amides is 1. The normalized spacial score (nSPS) is 11.0. The van der Waals surface area contributed by atoms with Gasteiger partial charge >= 0.3 is 0 Å². The molecule has 0 unspecified atom stereocenters. The molecule has 3 aromatic rings. The highest BCUT2D eigenvalue weighted by Gasteiger charge is 2.13. The van der Waals surface area contributed by atoms with E-state index < -0.39 is 0 Å². The van der Waals surface area contributed by atoms with Crippen molar-refractivity contribution in [2.45, 2.75) is 20.4 Å². The summed E-state index contributed by atoms with van der Waals surface area (Å²) < 4.78 is 12.3. The lowest BCUT2D eigenvalue weighted by molar-refractivity contribution is -0.111. The molecular formula is C23H23Cl2N3O3. The maximum Gasteiger partial charge on any atom is 0.248 e. The summed E-state index contributed by atoms with van der Waals surface area (Å²) in [7, 11) is 3.04. The number of hydrogen-bond donors (Lipinski definition) is 1. The van der Waals surface area contributed by atoms with Gasteiger partial charge in [0, 0.05) is 34.5 Å². The van der Waals surface area contributed by atoms with Gasteiger partial charge in [-0.25, -0.2) is 0 Å². The van der Waals surface area contributed by atoms with E-state index in [1.165, 1.54) is 20.3 Å². The van der Waals surface area contributed by atoms with Crippen LogP contribution in [-0.2, 0) is 11.3 Å². The zero-order valence-corrected chi connectivity index (χ0v) is 19.2. The molecule has 0 aliphatic rings. The van der Waals surface area contributed by atoms with Gasteiger partial charge in [-0.05, 0) is 31.6 Å². The van der Waals surface area contributed by atoms with Crippen molar-refractivity contribution in [1.29, 1.82) is 0 Å². The van der Waals surface area contributed by atoms with Crippen LogP contribution in [0.2, 0.25) is 10.0 Å². The fourth-order valence-electron chi connectivity index (χ4n) is 3.18. The Hall–Kier alpha value is -2.96. The number of halogens is 2. The van der Waals surface area contributed by atoms with Crippen LogP contribution < -0.4 is 14.8 Å². The number of carbonyl (C=O) groups excluding carboxylic acids is 1. The summed E-state index contributed by atoms with van der Waals surface area (Å²) in [5.41, 5.74) is 4.03. The first-order chi connectivity index (χ1) is 14.8. The zero-order chi connectivity index (χ0) is 22.5. The fourth-order valence-corrected chi connectivity index (χ4v) is 3.57. The van der Waals surface area contributed by atoms with Gasteiger partial charge in [-0.3, -0.25) is 9.48 Å². The molecule has 0 spiro atoms. The number of aryl methyl sites for hydroxylation is 1. The van der Waals surface area contributed by atoms with Gasteiger partial charge < -0.3 is 14.8 Å². The molecule has 0 saturated heterocycles. The predicted molar refractivity (Wildman–Crippen MR) is 124 cm³/mol. The summed E-state index contributed by atoms with van der Waals surface area (Å²) >= 11 is 12.5. The second-order valence-electron chi connectivity index (χ2n) is 6.84.